The van der Waals surface area contributed by atoms with Crippen molar-refractivity contribution in [3.63, 3.8) is 0 Å². The van der Waals surface area contributed by atoms with Crippen LogP contribution in [0.4, 0.5) is 0 Å². The van der Waals surface area contributed by atoms with Crippen molar-refractivity contribution in [2.45, 2.75) is 39.2 Å². The van der Waals surface area contributed by atoms with Crippen LogP contribution in [-0.4, -0.2) is 22.2 Å². The molecule has 1 amide bonds. The molecular formula is C18H23N3O2. The molecule has 0 unspecified atom stereocenters. The van der Waals surface area contributed by atoms with Crippen LogP contribution < -0.4 is 10.9 Å². The molecule has 0 aliphatic heterocycles. The first-order chi connectivity index (χ1) is 11.2. The van der Waals surface area contributed by atoms with Crippen molar-refractivity contribution in [2.75, 3.05) is 6.54 Å². The lowest BCUT2D eigenvalue weighted by Crippen LogP contribution is -2.26. The predicted molar refractivity (Wildman–Crippen MR) is 91.1 cm³/mol. The zero-order valence-corrected chi connectivity index (χ0v) is 13.5. The van der Waals surface area contributed by atoms with Crippen molar-refractivity contribution in [2.24, 2.45) is 0 Å². The number of carbonyl (C=O) groups excluding carboxylic acids is 1. The first-order valence-corrected chi connectivity index (χ1v) is 8.11. The van der Waals surface area contributed by atoms with E-state index in [2.05, 4.69) is 17.3 Å². The zero-order chi connectivity index (χ0) is 16.5. The van der Waals surface area contributed by atoms with E-state index in [0.29, 0.717) is 19.4 Å². The molecule has 23 heavy (non-hydrogen) atoms. The van der Waals surface area contributed by atoms with Gasteiger partial charge in [0.15, 0.2) is 0 Å². The van der Waals surface area contributed by atoms with E-state index >= 15 is 0 Å². The Kier molecular flexibility index (Phi) is 6.54. The van der Waals surface area contributed by atoms with Crippen LogP contribution in [0.15, 0.2) is 47.3 Å². The van der Waals surface area contributed by atoms with Crippen LogP contribution >= 0.6 is 0 Å². The minimum absolute atomic E-state index is 0.0331. The summed E-state index contributed by atoms with van der Waals surface area (Å²) >= 11 is 0. The minimum atomic E-state index is -0.143. The maximum Gasteiger partial charge on any atom is 0.266 e. The van der Waals surface area contributed by atoms with Crippen molar-refractivity contribution in [1.29, 1.82) is 0 Å². The van der Waals surface area contributed by atoms with Gasteiger partial charge in [0.25, 0.3) is 5.56 Å². The maximum atomic E-state index is 11.9. The number of nitrogens with zero attached hydrogens (tertiary/aromatic N) is 2. The van der Waals surface area contributed by atoms with Gasteiger partial charge in [0.05, 0.1) is 5.69 Å². The fourth-order valence-corrected chi connectivity index (χ4v) is 2.25. The van der Waals surface area contributed by atoms with E-state index in [1.807, 2.05) is 30.3 Å². The summed E-state index contributed by atoms with van der Waals surface area (Å²) in [7, 11) is 0. The molecule has 2 rings (SSSR count). The van der Waals surface area contributed by atoms with Crippen molar-refractivity contribution in [3.8, 4) is 11.3 Å². The monoisotopic (exact) mass is 313 g/mol. The molecule has 0 aliphatic carbocycles. The van der Waals surface area contributed by atoms with E-state index in [1.165, 1.54) is 10.7 Å². The molecule has 5 nitrogen and oxygen atoms in total. The van der Waals surface area contributed by atoms with Gasteiger partial charge in [0.2, 0.25) is 5.91 Å². The number of rotatable bonds is 8. The highest BCUT2D eigenvalue weighted by Crippen LogP contribution is 2.14. The Morgan fingerprint density at radius 2 is 1.91 bits per heavy atom. The van der Waals surface area contributed by atoms with E-state index in [4.69, 9.17) is 0 Å². The van der Waals surface area contributed by atoms with Gasteiger partial charge >= 0.3 is 0 Å². The number of benzene rings is 1. The van der Waals surface area contributed by atoms with Crippen LogP contribution in [0.3, 0.4) is 0 Å². The van der Waals surface area contributed by atoms with Gasteiger partial charge in [-0.3, -0.25) is 9.59 Å². The van der Waals surface area contributed by atoms with Crippen LogP contribution in [-0.2, 0) is 11.3 Å². The summed E-state index contributed by atoms with van der Waals surface area (Å²) in [5.41, 5.74) is 1.59. The number of hydrogen-bond donors (Lipinski definition) is 1. The quantitative estimate of drug-likeness (QED) is 0.762. The summed E-state index contributed by atoms with van der Waals surface area (Å²) in [6.07, 6.45) is 3.06. The average Bonchev–Trinajstić information content (AvgIpc) is 2.57. The van der Waals surface area contributed by atoms with Crippen LogP contribution in [0.25, 0.3) is 11.3 Å². The Morgan fingerprint density at radius 1 is 1.13 bits per heavy atom. The first kappa shape index (κ1) is 16.9. The molecule has 5 heteroatoms. The van der Waals surface area contributed by atoms with Gasteiger partial charge in [-0.05, 0) is 18.9 Å². The van der Waals surface area contributed by atoms with Crippen LogP contribution in [0.2, 0.25) is 0 Å². The van der Waals surface area contributed by atoms with E-state index < -0.39 is 0 Å². The standard InChI is InChI=1S/C18H23N3O2/c1-2-3-13-19-17(22)10-7-14-21-18(23)12-11-16(20-21)15-8-5-4-6-9-15/h4-6,8-9,11-12H,2-3,7,10,13-14H2,1H3,(H,19,22). The van der Waals surface area contributed by atoms with E-state index in [-0.39, 0.29) is 11.5 Å². The molecule has 0 atom stereocenters. The maximum absolute atomic E-state index is 11.9. The number of nitrogens with one attached hydrogen (secondary N) is 1. The largest absolute Gasteiger partial charge is 0.356 e. The molecule has 0 spiro atoms. The molecule has 1 N–H and O–H groups in total. The van der Waals surface area contributed by atoms with Crippen LogP contribution in [0, 0.1) is 0 Å². The third kappa shape index (κ3) is 5.36. The number of hydrogen-bond acceptors (Lipinski definition) is 3. The summed E-state index contributed by atoms with van der Waals surface area (Å²) in [6, 6.07) is 13.0. The Labute approximate surface area is 136 Å². The van der Waals surface area contributed by atoms with Gasteiger partial charge in [0, 0.05) is 31.1 Å². The topological polar surface area (TPSA) is 64.0 Å². The minimum Gasteiger partial charge on any atom is -0.356 e. The molecule has 1 aromatic heterocycles. The smallest absolute Gasteiger partial charge is 0.266 e. The van der Waals surface area contributed by atoms with Crippen LogP contribution in [0.5, 0.6) is 0 Å². The fraction of sp³-hybridized carbons (Fsp3) is 0.389. The van der Waals surface area contributed by atoms with E-state index in [9.17, 15) is 9.59 Å². The zero-order valence-electron chi connectivity index (χ0n) is 13.5. The summed E-state index contributed by atoms with van der Waals surface area (Å²) in [5, 5.41) is 7.26. The molecule has 0 aliphatic rings. The fourth-order valence-electron chi connectivity index (χ4n) is 2.25. The van der Waals surface area contributed by atoms with Gasteiger partial charge in [-0.25, -0.2) is 4.68 Å². The second kappa shape index (κ2) is 8.88. The second-order valence-electron chi connectivity index (χ2n) is 5.45. The number of unbranched alkanes of at least 4 members (excludes halogenated alkanes) is 1. The Bertz CT molecular complexity index is 680. The highest BCUT2D eigenvalue weighted by Gasteiger charge is 2.05. The van der Waals surface area contributed by atoms with Crippen molar-refractivity contribution >= 4 is 5.91 Å². The second-order valence-corrected chi connectivity index (χ2v) is 5.45. The lowest BCUT2D eigenvalue weighted by atomic mass is 10.1. The van der Waals surface area contributed by atoms with Gasteiger partial charge in [-0.2, -0.15) is 5.10 Å². The van der Waals surface area contributed by atoms with Crippen molar-refractivity contribution < 1.29 is 4.79 Å². The Morgan fingerprint density at radius 3 is 2.65 bits per heavy atom. The lowest BCUT2D eigenvalue weighted by molar-refractivity contribution is -0.121. The molecule has 122 valence electrons. The molecule has 2 aromatic rings. The molecule has 1 heterocycles. The Hall–Kier alpha value is -2.43. The van der Waals surface area contributed by atoms with Crippen molar-refractivity contribution in [1.82, 2.24) is 15.1 Å². The highest BCUT2D eigenvalue weighted by molar-refractivity contribution is 5.75. The van der Waals surface area contributed by atoms with Gasteiger partial charge < -0.3 is 5.32 Å². The summed E-state index contributed by atoms with van der Waals surface area (Å²) in [5.74, 6) is 0.0331. The van der Waals surface area contributed by atoms with Crippen molar-refractivity contribution in [3.05, 3.63) is 52.8 Å². The van der Waals surface area contributed by atoms with E-state index in [1.54, 1.807) is 6.07 Å². The Balaban J connectivity index is 1.93. The van der Waals surface area contributed by atoms with Gasteiger partial charge in [-0.1, -0.05) is 43.7 Å². The number of aromatic nitrogens is 2. The summed E-state index contributed by atoms with van der Waals surface area (Å²) < 4.78 is 1.43. The third-order valence-electron chi connectivity index (χ3n) is 3.56. The average molecular weight is 313 g/mol. The third-order valence-corrected chi connectivity index (χ3v) is 3.56. The molecule has 0 saturated carbocycles. The van der Waals surface area contributed by atoms with E-state index in [0.717, 1.165) is 30.6 Å². The molecule has 0 saturated heterocycles. The van der Waals surface area contributed by atoms with Crippen LogP contribution in [0.1, 0.15) is 32.6 Å². The normalized spacial score (nSPS) is 10.5. The SMILES string of the molecule is CCCCNC(=O)CCCn1nc(-c2ccccc2)ccc1=O. The van der Waals surface area contributed by atoms with Gasteiger partial charge in [0.1, 0.15) is 0 Å². The number of aryl methyl sites for hydroxylation is 1. The number of carbonyl (C=O) groups is 1. The molecule has 0 fully saturated rings. The van der Waals surface area contributed by atoms with Gasteiger partial charge in [-0.15, -0.1) is 0 Å². The molecule has 1 aromatic carbocycles. The lowest BCUT2D eigenvalue weighted by Gasteiger charge is -2.07. The molecule has 0 bridgehead atoms. The highest BCUT2D eigenvalue weighted by atomic mass is 16.1. The molecular weight excluding hydrogens is 290 g/mol. The summed E-state index contributed by atoms with van der Waals surface area (Å²) in [6.45, 7) is 3.25. The summed E-state index contributed by atoms with van der Waals surface area (Å²) in [4.78, 5) is 23.6. The number of amides is 1. The predicted octanol–water partition coefficient (Wildman–Crippen LogP) is 2.61. The first-order valence-electron chi connectivity index (χ1n) is 8.11. The molecule has 0 radical (unpaired) electrons.